The zero-order chi connectivity index (χ0) is 13.4. The number of aromatic nitrogens is 2. The molecule has 0 fully saturated rings. The molecule has 1 aromatic heterocycles. The van der Waals surface area contributed by atoms with Crippen LogP contribution in [0.15, 0.2) is 11.0 Å². The molecular weight excluding hydrogens is 270 g/mol. The highest BCUT2D eigenvalue weighted by molar-refractivity contribution is 7.98. The number of anilines is 1. The summed E-state index contributed by atoms with van der Waals surface area (Å²) in [5, 5.41) is 7.26. The van der Waals surface area contributed by atoms with Crippen molar-refractivity contribution >= 4 is 29.1 Å². The lowest BCUT2D eigenvalue weighted by molar-refractivity contribution is 0.663. The number of unbranched alkanes of at least 4 members (excludes halogenated alkanes) is 1. The standard InChI is InChI=1S/C12H16ClN3OS/c1-3-7-16-12(17)11(10(13)9-15-16)14-6-4-5-8-18-2/h1,9,14H,4-8H2,2H3. The lowest BCUT2D eigenvalue weighted by Crippen LogP contribution is -2.26. The Labute approximate surface area is 116 Å². The van der Waals surface area contributed by atoms with Crippen molar-refractivity contribution in [3.8, 4) is 12.3 Å². The van der Waals surface area contributed by atoms with Crippen LogP contribution in [0.5, 0.6) is 0 Å². The largest absolute Gasteiger partial charge is 0.379 e. The molecule has 0 radical (unpaired) electrons. The van der Waals surface area contributed by atoms with E-state index in [0.29, 0.717) is 10.7 Å². The number of hydrogen-bond acceptors (Lipinski definition) is 4. The summed E-state index contributed by atoms with van der Waals surface area (Å²) in [4.78, 5) is 12.0. The van der Waals surface area contributed by atoms with E-state index in [4.69, 9.17) is 18.0 Å². The Morgan fingerprint density at radius 3 is 3.06 bits per heavy atom. The van der Waals surface area contributed by atoms with E-state index >= 15 is 0 Å². The van der Waals surface area contributed by atoms with Crippen LogP contribution in [0.2, 0.25) is 5.02 Å². The topological polar surface area (TPSA) is 46.9 Å². The maximum Gasteiger partial charge on any atom is 0.292 e. The molecule has 98 valence electrons. The van der Waals surface area contributed by atoms with Crippen LogP contribution in [-0.2, 0) is 6.54 Å². The molecule has 4 nitrogen and oxygen atoms in total. The SMILES string of the molecule is C#CCn1ncc(Cl)c(NCCCCSC)c1=O. The second-order valence-corrected chi connectivity index (χ2v) is 5.05. The molecule has 0 aliphatic heterocycles. The van der Waals surface area contributed by atoms with Crippen molar-refractivity contribution in [1.29, 1.82) is 0 Å². The molecule has 18 heavy (non-hydrogen) atoms. The van der Waals surface area contributed by atoms with Crippen molar-refractivity contribution in [2.24, 2.45) is 0 Å². The molecule has 0 spiro atoms. The third kappa shape index (κ3) is 4.28. The minimum absolute atomic E-state index is 0.150. The van der Waals surface area contributed by atoms with Gasteiger partial charge in [-0.3, -0.25) is 4.79 Å². The van der Waals surface area contributed by atoms with E-state index in [-0.39, 0.29) is 12.1 Å². The van der Waals surface area contributed by atoms with Crippen LogP contribution in [0.1, 0.15) is 12.8 Å². The Bertz CT molecular complexity index is 481. The average Bonchev–Trinajstić information content (AvgIpc) is 2.36. The smallest absolute Gasteiger partial charge is 0.292 e. The first kappa shape index (κ1) is 14.9. The van der Waals surface area contributed by atoms with Crippen molar-refractivity contribution < 1.29 is 0 Å². The number of nitrogens with one attached hydrogen (secondary N) is 1. The van der Waals surface area contributed by atoms with Gasteiger partial charge in [-0.1, -0.05) is 17.5 Å². The van der Waals surface area contributed by atoms with Crippen LogP contribution in [0.25, 0.3) is 0 Å². The summed E-state index contributed by atoms with van der Waals surface area (Å²) in [6.45, 7) is 0.868. The molecule has 1 heterocycles. The minimum atomic E-state index is -0.273. The molecule has 0 aliphatic rings. The molecule has 1 rings (SSSR count). The highest BCUT2D eigenvalue weighted by Gasteiger charge is 2.08. The van der Waals surface area contributed by atoms with Crippen molar-refractivity contribution in [2.45, 2.75) is 19.4 Å². The summed E-state index contributed by atoms with van der Waals surface area (Å²) in [6, 6.07) is 0. The number of nitrogens with zero attached hydrogens (tertiary/aromatic N) is 2. The van der Waals surface area contributed by atoms with E-state index < -0.39 is 0 Å². The van der Waals surface area contributed by atoms with Crippen LogP contribution in [0.3, 0.4) is 0 Å². The number of rotatable bonds is 7. The Hall–Kier alpha value is -1.12. The second kappa shape index (κ2) is 8.06. The summed E-state index contributed by atoms with van der Waals surface area (Å²) in [7, 11) is 0. The molecule has 0 aliphatic carbocycles. The van der Waals surface area contributed by atoms with Crippen LogP contribution in [0, 0.1) is 12.3 Å². The highest BCUT2D eigenvalue weighted by atomic mass is 35.5. The van der Waals surface area contributed by atoms with Crippen LogP contribution < -0.4 is 10.9 Å². The Morgan fingerprint density at radius 1 is 1.61 bits per heavy atom. The molecule has 1 N–H and O–H groups in total. The first-order chi connectivity index (χ1) is 8.70. The fraction of sp³-hybridized carbons (Fsp3) is 0.500. The summed E-state index contributed by atoms with van der Waals surface area (Å²) >= 11 is 7.76. The van der Waals surface area contributed by atoms with E-state index in [1.54, 1.807) is 0 Å². The molecule has 0 aromatic carbocycles. The zero-order valence-electron chi connectivity index (χ0n) is 10.3. The van der Waals surface area contributed by atoms with Gasteiger partial charge in [0.05, 0.1) is 11.2 Å². The third-order valence-corrected chi connectivity index (χ3v) is 3.30. The molecule has 1 aromatic rings. The van der Waals surface area contributed by atoms with Gasteiger partial charge in [0.2, 0.25) is 0 Å². The van der Waals surface area contributed by atoms with Crippen LogP contribution in [0.4, 0.5) is 5.69 Å². The summed E-state index contributed by atoms with van der Waals surface area (Å²) in [6.07, 6.45) is 10.8. The fourth-order valence-electron chi connectivity index (χ4n) is 1.41. The maximum absolute atomic E-state index is 12.0. The summed E-state index contributed by atoms with van der Waals surface area (Å²) in [5.74, 6) is 3.50. The lowest BCUT2D eigenvalue weighted by Gasteiger charge is -2.09. The van der Waals surface area contributed by atoms with Gasteiger partial charge in [-0.25, -0.2) is 4.68 Å². The van der Waals surface area contributed by atoms with E-state index in [2.05, 4.69) is 22.6 Å². The number of hydrogen-bond donors (Lipinski definition) is 1. The second-order valence-electron chi connectivity index (χ2n) is 3.66. The summed E-state index contributed by atoms with van der Waals surface area (Å²) < 4.78 is 1.22. The van der Waals surface area contributed by atoms with Gasteiger partial charge in [-0.15, -0.1) is 6.42 Å². The van der Waals surface area contributed by atoms with Gasteiger partial charge in [0.15, 0.2) is 0 Å². The predicted molar refractivity (Wildman–Crippen MR) is 78.4 cm³/mol. The van der Waals surface area contributed by atoms with E-state index in [0.717, 1.165) is 25.1 Å². The number of terminal acetylenes is 1. The van der Waals surface area contributed by atoms with Gasteiger partial charge in [-0.05, 0) is 24.9 Å². The number of thioether (sulfide) groups is 1. The van der Waals surface area contributed by atoms with Gasteiger partial charge < -0.3 is 5.32 Å². The maximum atomic E-state index is 12.0. The predicted octanol–water partition coefficient (Wildman–Crippen LogP) is 2.08. The first-order valence-electron chi connectivity index (χ1n) is 5.62. The fourth-order valence-corrected chi connectivity index (χ4v) is 2.10. The third-order valence-electron chi connectivity index (χ3n) is 2.32. The van der Waals surface area contributed by atoms with Gasteiger partial charge >= 0.3 is 0 Å². The van der Waals surface area contributed by atoms with Gasteiger partial charge in [0.25, 0.3) is 5.56 Å². The van der Waals surface area contributed by atoms with Gasteiger partial charge in [0.1, 0.15) is 12.2 Å². The van der Waals surface area contributed by atoms with E-state index in [1.807, 2.05) is 11.8 Å². The van der Waals surface area contributed by atoms with Crippen molar-refractivity contribution in [3.63, 3.8) is 0 Å². The highest BCUT2D eigenvalue weighted by Crippen LogP contribution is 2.15. The van der Waals surface area contributed by atoms with Gasteiger partial charge in [-0.2, -0.15) is 16.9 Å². The first-order valence-corrected chi connectivity index (χ1v) is 7.39. The van der Waals surface area contributed by atoms with Crippen LogP contribution in [-0.4, -0.2) is 28.3 Å². The Balaban J connectivity index is 2.67. The summed E-state index contributed by atoms with van der Waals surface area (Å²) in [5.41, 5.74) is 0.108. The monoisotopic (exact) mass is 285 g/mol. The molecule has 0 bridgehead atoms. The molecular formula is C12H16ClN3OS. The number of halogens is 1. The van der Waals surface area contributed by atoms with Crippen molar-refractivity contribution in [2.75, 3.05) is 23.9 Å². The molecule has 0 atom stereocenters. The molecule has 6 heteroatoms. The minimum Gasteiger partial charge on any atom is -0.379 e. The molecule has 0 saturated heterocycles. The molecule has 0 saturated carbocycles. The average molecular weight is 286 g/mol. The quantitative estimate of drug-likeness (QED) is 0.615. The van der Waals surface area contributed by atoms with Crippen LogP contribution >= 0.6 is 23.4 Å². The van der Waals surface area contributed by atoms with E-state index in [9.17, 15) is 4.79 Å². The van der Waals surface area contributed by atoms with Gasteiger partial charge in [0, 0.05) is 6.54 Å². The Kier molecular flexibility index (Phi) is 6.69. The molecule has 0 unspecified atom stereocenters. The zero-order valence-corrected chi connectivity index (χ0v) is 11.9. The van der Waals surface area contributed by atoms with E-state index in [1.165, 1.54) is 10.9 Å². The normalized spacial score (nSPS) is 10.1. The lowest BCUT2D eigenvalue weighted by atomic mass is 10.3. The molecule has 0 amide bonds. The van der Waals surface area contributed by atoms with Crippen molar-refractivity contribution in [3.05, 3.63) is 21.6 Å². The Morgan fingerprint density at radius 2 is 2.39 bits per heavy atom. The van der Waals surface area contributed by atoms with Crippen molar-refractivity contribution in [1.82, 2.24) is 9.78 Å².